The van der Waals surface area contributed by atoms with Gasteiger partial charge in [-0.1, -0.05) is 13.8 Å². The zero-order valence-electron chi connectivity index (χ0n) is 8.21. The maximum atomic E-state index is 10.9. The van der Waals surface area contributed by atoms with E-state index in [1.807, 2.05) is 0 Å². The lowest BCUT2D eigenvalue weighted by atomic mass is 9.67. The van der Waals surface area contributed by atoms with Crippen molar-refractivity contribution in [2.75, 3.05) is 11.5 Å². The van der Waals surface area contributed by atoms with E-state index in [0.717, 1.165) is 0 Å². The van der Waals surface area contributed by atoms with Gasteiger partial charge >= 0.3 is 0 Å². The Labute approximate surface area is 79.8 Å². The van der Waals surface area contributed by atoms with E-state index in [4.69, 9.17) is 0 Å². The van der Waals surface area contributed by atoms with Gasteiger partial charge in [-0.25, -0.2) is 8.42 Å². The molecule has 1 heterocycles. The van der Waals surface area contributed by atoms with Crippen LogP contribution in [0.25, 0.3) is 0 Å². The minimum absolute atomic E-state index is 0.231. The second kappa shape index (κ2) is 2.70. The molecule has 2 aliphatic rings. The summed E-state index contributed by atoms with van der Waals surface area (Å²) in [7, 11) is -2.66. The third-order valence-electron chi connectivity index (χ3n) is 3.37. The van der Waals surface area contributed by atoms with Gasteiger partial charge in [-0.15, -0.1) is 0 Å². The summed E-state index contributed by atoms with van der Waals surface area (Å²) in [5, 5.41) is 3.42. The number of hydrogen-bond donors (Lipinski definition) is 1. The van der Waals surface area contributed by atoms with Crippen molar-refractivity contribution in [3.63, 3.8) is 0 Å². The van der Waals surface area contributed by atoms with Crippen LogP contribution in [0.1, 0.15) is 26.7 Å². The lowest BCUT2D eigenvalue weighted by Crippen LogP contribution is -2.60. The molecular weight excluding hydrogens is 186 g/mol. The van der Waals surface area contributed by atoms with Crippen LogP contribution < -0.4 is 5.32 Å². The predicted octanol–water partition coefficient (Wildman–Crippen LogP) is 0.562. The highest BCUT2D eigenvalue weighted by atomic mass is 32.2. The van der Waals surface area contributed by atoms with Crippen molar-refractivity contribution in [1.82, 2.24) is 5.32 Å². The van der Waals surface area contributed by atoms with E-state index in [1.54, 1.807) is 0 Å². The molecule has 1 saturated heterocycles. The predicted molar refractivity (Wildman–Crippen MR) is 52.4 cm³/mol. The Morgan fingerprint density at radius 1 is 1.31 bits per heavy atom. The third-order valence-corrected chi connectivity index (χ3v) is 5.19. The van der Waals surface area contributed by atoms with Gasteiger partial charge in [0.25, 0.3) is 0 Å². The van der Waals surface area contributed by atoms with Gasteiger partial charge in [0.05, 0.1) is 11.5 Å². The Hall–Kier alpha value is -0.0900. The highest BCUT2D eigenvalue weighted by molar-refractivity contribution is 7.92. The van der Waals surface area contributed by atoms with Gasteiger partial charge < -0.3 is 5.32 Å². The Bertz CT molecular complexity index is 296. The molecule has 0 spiro atoms. The maximum Gasteiger partial charge on any atom is 0.153 e. The first-order chi connectivity index (χ1) is 5.89. The molecule has 0 aromatic carbocycles. The van der Waals surface area contributed by atoms with Gasteiger partial charge in [0.2, 0.25) is 0 Å². The lowest BCUT2D eigenvalue weighted by Gasteiger charge is -2.47. The quantitative estimate of drug-likeness (QED) is 0.713. The maximum absolute atomic E-state index is 10.9. The molecule has 13 heavy (non-hydrogen) atoms. The number of hydrogen-bond acceptors (Lipinski definition) is 3. The minimum atomic E-state index is -2.66. The summed E-state index contributed by atoms with van der Waals surface area (Å²) in [4.78, 5) is 0. The van der Waals surface area contributed by atoms with E-state index in [0.29, 0.717) is 23.0 Å². The molecule has 4 heteroatoms. The molecule has 0 aromatic heterocycles. The molecule has 1 aliphatic heterocycles. The average Bonchev–Trinajstić information content (AvgIpc) is 1.94. The molecule has 76 valence electrons. The smallest absolute Gasteiger partial charge is 0.153 e. The average molecular weight is 203 g/mol. The molecule has 1 unspecified atom stereocenters. The Morgan fingerprint density at radius 2 is 1.92 bits per heavy atom. The number of sulfone groups is 1. The number of rotatable bonds is 2. The molecule has 3 nitrogen and oxygen atoms in total. The highest BCUT2D eigenvalue weighted by Crippen LogP contribution is 2.40. The SMILES string of the molecule is CC1(C)CCC1NC1CS(=O)(=O)C1. The fraction of sp³-hybridized carbons (Fsp3) is 1.00. The third kappa shape index (κ3) is 1.74. The Kier molecular flexibility index (Phi) is 1.97. The Morgan fingerprint density at radius 3 is 2.23 bits per heavy atom. The second-order valence-electron chi connectivity index (χ2n) is 5.02. The van der Waals surface area contributed by atoms with Crippen LogP contribution in [0.15, 0.2) is 0 Å². The molecular formula is C9H17NO2S. The van der Waals surface area contributed by atoms with Crippen LogP contribution in [0.4, 0.5) is 0 Å². The summed E-state index contributed by atoms with van der Waals surface area (Å²) in [6, 6.07) is 0.766. The van der Waals surface area contributed by atoms with Gasteiger partial charge in [-0.05, 0) is 18.3 Å². The molecule has 1 N–H and O–H groups in total. The van der Waals surface area contributed by atoms with Crippen LogP contribution in [0, 0.1) is 5.41 Å². The van der Waals surface area contributed by atoms with Crippen molar-refractivity contribution in [3.8, 4) is 0 Å². The van der Waals surface area contributed by atoms with Crippen molar-refractivity contribution in [1.29, 1.82) is 0 Å². The van der Waals surface area contributed by atoms with Crippen molar-refractivity contribution in [3.05, 3.63) is 0 Å². The molecule has 1 atom stereocenters. The topological polar surface area (TPSA) is 46.2 Å². The molecule has 0 radical (unpaired) electrons. The zero-order valence-corrected chi connectivity index (χ0v) is 9.02. The summed E-state index contributed by atoms with van der Waals surface area (Å²) < 4.78 is 21.8. The van der Waals surface area contributed by atoms with Crippen LogP contribution in [0.2, 0.25) is 0 Å². The molecule has 1 aliphatic carbocycles. The van der Waals surface area contributed by atoms with Crippen molar-refractivity contribution in [2.45, 2.75) is 38.8 Å². The largest absolute Gasteiger partial charge is 0.309 e. The molecule has 2 fully saturated rings. The highest BCUT2D eigenvalue weighted by Gasteiger charge is 2.42. The van der Waals surface area contributed by atoms with Gasteiger partial charge in [0.1, 0.15) is 0 Å². The van der Waals surface area contributed by atoms with Gasteiger partial charge in [0, 0.05) is 12.1 Å². The van der Waals surface area contributed by atoms with Crippen LogP contribution >= 0.6 is 0 Å². The summed E-state index contributed by atoms with van der Waals surface area (Å²) in [5.41, 5.74) is 0.374. The van der Waals surface area contributed by atoms with Crippen LogP contribution in [-0.2, 0) is 9.84 Å². The summed E-state index contributed by atoms with van der Waals surface area (Å²) in [6.07, 6.45) is 2.45. The first kappa shape index (κ1) is 9.46. The fourth-order valence-corrected chi connectivity index (χ4v) is 3.44. The monoisotopic (exact) mass is 203 g/mol. The first-order valence-electron chi connectivity index (χ1n) is 4.86. The molecule has 0 amide bonds. The normalized spacial score (nSPS) is 36.3. The second-order valence-corrected chi connectivity index (χ2v) is 7.17. The van der Waals surface area contributed by atoms with Crippen LogP contribution in [-0.4, -0.2) is 32.0 Å². The van der Waals surface area contributed by atoms with Crippen LogP contribution in [0.5, 0.6) is 0 Å². The summed E-state index contributed by atoms with van der Waals surface area (Å²) in [5.74, 6) is 0.694. The molecule has 1 saturated carbocycles. The van der Waals surface area contributed by atoms with E-state index in [2.05, 4.69) is 19.2 Å². The van der Waals surface area contributed by atoms with E-state index < -0.39 is 9.84 Å². The van der Waals surface area contributed by atoms with Gasteiger partial charge in [0.15, 0.2) is 9.84 Å². The van der Waals surface area contributed by atoms with Gasteiger partial charge in [-0.2, -0.15) is 0 Å². The Balaban J connectivity index is 1.82. The van der Waals surface area contributed by atoms with Crippen molar-refractivity contribution >= 4 is 9.84 Å². The van der Waals surface area contributed by atoms with E-state index in [-0.39, 0.29) is 6.04 Å². The number of nitrogens with one attached hydrogen (secondary N) is 1. The first-order valence-corrected chi connectivity index (χ1v) is 6.68. The van der Waals surface area contributed by atoms with Crippen molar-refractivity contribution in [2.24, 2.45) is 5.41 Å². The molecule has 2 rings (SSSR count). The van der Waals surface area contributed by atoms with E-state index in [1.165, 1.54) is 12.8 Å². The standard InChI is InChI=1S/C9H17NO2S/c1-9(2)4-3-8(9)10-7-5-13(11,12)6-7/h7-8,10H,3-6H2,1-2H3. The fourth-order valence-electron chi connectivity index (χ4n) is 2.12. The zero-order chi connectivity index (χ0) is 9.69. The molecule has 0 bridgehead atoms. The minimum Gasteiger partial charge on any atom is -0.309 e. The van der Waals surface area contributed by atoms with Gasteiger partial charge in [-0.3, -0.25) is 0 Å². The van der Waals surface area contributed by atoms with E-state index >= 15 is 0 Å². The van der Waals surface area contributed by atoms with Crippen LogP contribution in [0.3, 0.4) is 0 Å². The van der Waals surface area contributed by atoms with Crippen molar-refractivity contribution < 1.29 is 8.42 Å². The molecule has 0 aromatic rings. The summed E-state index contributed by atoms with van der Waals surface area (Å²) >= 11 is 0. The lowest BCUT2D eigenvalue weighted by molar-refractivity contribution is 0.101. The van der Waals surface area contributed by atoms with E-state index in [9.17, 15) is 8.42 Å². The summed E-state index contributed by atoms with van der Waals surface area (Å²) in [6.45, 7) is 4.47.